The zero-order valence-electron chi connectivity index (χ0n) is 18.8. The van der Waals surface area contributed by atoms with Gasteiger partial charge in [-0.05, 0) is 63.2 Å². The van der Waals surface area contributed by atoms with Gasteiger partial charge in [-0.1, -0.05) is 43.2 Å². The average molecular weight is 452 g/mol. The van der Waals surface area contributed by atoms with Crippen LogP contribution < -0.4 is 15.0 Å². The van der Waals surface area contributed by atoms with E-state index in [9.17, 15) is 14.0 Å². The SMILES string of the molecule is O=C(CN1C(=O)/C(=C\c2ccccc2F)Oc2ccccc21)NCCCN1CCCCCC1. The van der Waals surface area contributed by atoms with Crippen LogP contribution in [0.2, 0.25) is 0 Å². The van der Waals surface area contributed by atoms with Gasteiger partial charge >= 0.3 is 0 Å². The zero-order valence-corrected chi connectivity index (χ0v) is 18.8. The first-order valence-electron chi connectivity index (χ1n) is 11.7. The third-order valence-electron chi connectivity index (χ3n) is 6.00. The van der Waals surface area contributed by atoms with Crippen molar-refractivity contribution in [1.82, 2.24) is 10.2 Å². The molecule has 0 aliphatic carbocycles. The second-order valence-corrected chi connectivity index (χ2v) is 8.45. The Hall–Kier alpha value is -3.19. The number of hydrogen-bond donors (Lipinski definition) is 1. The summed E-state index contributed by atoms with van der Waals surface area (Å²) in [5.74, 6) is -0.729. The number of hydrogen-bond acceptors (Lipinski definition) is 4. The molecule has 2 amide bonds. The third-order valence-corrected chi connectivity index (χ3v) is 6.00. The fraction of sp³-hybridized carbons (Fsp3) is 0.385. The molecule has 33 heavy (non-hydrogen) atoms. The van der Waals surface area contributed by atoms with E-state index in [1.165, 1.54) is 42.7 Å². The highest BCUT2D eigenvalue weighted by Gasteiger charge is 2.31. The Morgan fingerprint density at radius 1 is 1.03 bits per heavy atom. The van der Waals surface area contributed by atoms with Crippen LogP contribution in [0.5, 0.6) is 5.75 Å². The first-order valence-corrected chi connectivity index (χ1v) is 11.7. The summed E-state index contributed by atoms with van der Waals surface area (Å²) >= 11 is 0. The molecule has 1 saturated heterocycles. The molecule has 6 nitrogen and oxygen atoms in total. The Labute approximate surface area is 194 Å². The Morgan fingerprint density at radius 3 is 2.55 bits per heavy atom. The van der Waals surface area contributed by atoms with Crippen LogP contribution in [0, 0.1) is 5.82 Å². The molecule has 0 atom stereocenters. The molecule has 0 bridgehead atoms. The normalized spacial score (nSPS) is 17.9. The van der Waals surface area contributed by atoms with Crippen molar-refractivity contribution in [2.24, 2.45) is 0 Å². The van der Waals surface area contributed by atoms with E-state index in [-0.39, 0.29) is 23.8 Å². The van der Waals surface area contributed by atoms with Crippen molar-refractivity contribution < 1.29 is 18.7 Å². The molecule has 0 unspecified atom stereocenters. The predicted molar refractivity (Wildman–Crippen MR) is 126 cm³/mol. The summed E-state index contributed by atoms with van der Waals surface area (Å²) in [5.41, 5.74) is 0.769. The number of carbonyl (C=O) groups excluding carboxylic acids is 2. The number of benzene rings is 2. The van der Waals surface area contributed by atoms with Gasteiger partial charge in [0.1, 0.15) is 12.4 Å². The minimum Gasteiger partial charge on any atom is -0.449 e. The molecule has 0 spiro atoms. The summed E-state index contributed by atoms with van der Waals surface area (Å²) in [5, 5.41) is 2.93. The Morgan fingerprint density at radius 2 is 1.76 bits per heavy atom. The number of nitrogens with one attached hydrogen (secondary N) is 1. The van der Waals surface area contributed by atoms with E-state index in [0.717, 1.165) is 26.1 Å². The topological polar surface area (TPSA) is 61.9 Å². The lowest BCUT2D eigenvalue weighted by Crippen LogP contribution is -2.44. The van der Waals surface area contributed by atoms with E-state index >= 15 is 0 Å². The quantitative estimate of drug-likeness (QED) is 0.511. The Balaban J connectivity index is 1.39. The van der Waals surface area contributed by atoms with Crippen molar-refractivity contribution in [2.45, 2.75) is 32.1 Å². The second kappa shape index (κ2) is 11.1. The summed E-state index contributed by atoms with van der Waals surface area (Å²) < 4.78 is 19.9. The molecule has 2 heterocycles. The molecular formula is C26H30FN3O3. The standard InChI is InChI=1S/C26H30FN3O3/c27-21-11-4-3-10-20(21)18-24-26(32)30(22-12-5-6-13-23(22)33-24)19-25(31)28-14-9-17-29-15-7-1-2-8-16-29/h3-6,10-13,18H,1-2,7-9,14-17,19H2,(H,28,31)/b24-18+. The number of halogens is 1. The Bertz CT molecular complexity index is 1020. The maximum atomic E-state index is 14.1. The summed E-state index contributed by atoms with van der Waals surface area (Å²) in [6.45, 7) is 3.66. The van der Waals surface area contributed by atoms with Crippen LogP contribution >= 0.6 is 0 Å². The van der Waals surface area contributed by atoms with Crippen molar-refractivity contribution in [2.75, 3.05) is 37.6 Å². The van der Waals surface area contributed by atoms with E-state index < -0.39 is 11.7 Å². The molecule has 2 aromatic rings. The highest BCUT2D eigenvalue weighted by Crippen LogP contribution is 2.35. The molecule has 4 rings (SSSR count). The molecule has 0 radical (unpaired) electrons. The summed E-state index contributed by atoms with van der Waals surface area (Å²) in [7, 11) is 0. The highest BCUT2D eigenvalue weighted by molar-refractivity contribution is 6.12. The van der Waals surface area contributed by atoms with Gasteiger partial charge in [0.05, 0.1) is 5.69 Å². The molecule has 2 aliphatic rings. The maximum absolute atomic E-state index is 14.1. The number of anilines is 1. The van der Waals surface area contributed by atoms with Gasteiger partial charge in [-0.3, -0.25) is 14.5 Å². The van der Waals surface area contributed by atoms with Crippen LogP contribution in [-0.2, 0) is 9.59 Å². The molecule has 0 saturated carbocycles. The van der Waals surface area contributed by atoms with Gasteiger partial charge in [-0.15, -0.1) is 0 Å². The minimum absolute atomic E-state index is 0.0206. The summed E-state index contributed by atoms with van der Waals surface area (Å²) in [6.07, 6.45) is 7.34. The van der Waals surface area contributed by atoms with Crippen LogP contribution in [0.4, 0.5) is 10.1 Å². The van der Waals surface area contributed by atoms with Gasteiger partial charge in [0, 0.05) is 12.1 Å². The monoisotopic (exact) mass is 451 g/mol. The van der Waals surface area contributed by atoms with Gasteiger partial charge < -0.3 is 15.0 Å². The lowest BCUT2D eigenvalue weighted by Gasteiger charge is -2.30. The summed E-state index contributed by atoms with van der Waals surface area (Å²) in [6, 6.07) is 13.2. The van der Waals surface area contributed by atoms with Gasteiger partial charge in [-0.2, -0.15) is 0 Å². The van der Waals surface area contributed by atoms with Crippen LogP contribution in [0.3, 0.4) is 0 Å². The number of carbonyl (C=O) groups is 2. The zero-order chi connectivity index (χ0) is 23.0. The van der Waals surface area contributed by atoms with Crippen molar-refractivity contribution in [3.8, 4) is 5.75 Å². The fourth-order valence-corrected chi connectivity index (χ4v) is 4.24. The number of nitrogens with zero attached hydrogens (tertiary/aromatic N) is 2. The molecule has 174 valence electrons. The van der Waals surface area contributed by atoms with Gasteiger partial charge in [0.25, 0.3) is 5.91 Å². The molecule has 1 N–H and O–H groups in total. The molecule has 2 aliphatic heterocycles. The molecule has 7 heteroatoms. The van der Waals surface area contributed by atoms with Crippen molar-refractivity contribution in [3.63, 3.8) is 0 Å². The highest BCUT2D eigenvalue weighted by atomic mass is 19.1. The van der Waals surface area contributed by atoms with Crippen molar-refractivity contribution in [1.29, 1.82) is 0 Å². The lowest BCUT2D eigenvalue weighted by molar-refractivity contribution is -0.123. The number of amides is 2. The molecule has 2 aromatic carbocycles. The van der Waals surface area contributed by atoms with Crippen LogP contribution in [0.15, 0.2) is 54.3 Å². The van der Waals surface area contributed by atoms with Crippen LogP contribution in [-0.4, -0.2) is 49.4 Å². The first kappa shape index (κ1) is 23.0. The smallest absolute Gasteiger partial charge is 0.294 e. The lowest BCUT2D eigenvalue weighted by atomic mass is 10.1. The minimum atomic E-state index is -0.475. The number of ether oxygens (including phenoxy) is 1. The third kappa shape index (κ3) is 5.99. The molecule has 0 aromatic heterocycles. The summed E-state index contributed by atoms with van der Waals surface area (Å²) in [4.78, 5) is 29.6. The molecular weight excluding hydrogens is 421 g/mol. The van der Waals surface area contributed by atoms with Crippen LogP contribution in [0.1, 0.15) is 37.7 Å². The van der Waals surface area contributed by atoms with Gasteiger partial charge in [0.15, 0.2) is 11.5 Å². The van der Waals surface area contributed by atoms with E-state index in [1.54, 1.807) is 42.5 Å². The predicted octanol–water partition coefficient (Wildman–Crippen LogP) is 3.97. The maximum Gasteiger partial charge on any atom is 0.294 e. The number of likely N-dealkylation sites (tertiary alicyclic amines) is 1. The number of rotatable bonds is 7. The van der Waals surface area contributed by atoms with E-state index in [0.29, 0.717) is 18.0 Å². The first-order chi connectivity index (χ1) is 16.1. The van der Waals surface area contributed by atoms with Crippen LogP contribution in [0.25, 0.3) is 6.08 Å². The van der Waals surface area contributed by atoms with E-state index in [4.69, 9.17) is 4.74 Å². The Kier molecular flexibility index (Phi) is 7.73. The molecule has 1 fully saturated rings. The second-order valence-electron chi connectivity index (χ2n) is 8.45. The van der Waals surface area contributed by atoms with Crippen molar-refractivity contribution >= 4 is 23.6 Å². The largest absolute Gasteiger partial charge is 0.449 e. The van der Waals surface area contributed by atoms with Crippen molar-refractivity contribution in [3.05, 3.63) is 65.7 Å². The fourth-order valence-electron chi connectivity index (χ4n) is 4.24. The van der Waals surface area contributed by atoms with E-state index in [1.807, 2.05) is 0 Å². The van der Waals surface area contributed by atoms with E-state index in [2.05, 4.69) is 10.2 Å². The number of fused-ring (bicyclic) bond motifs is 1. The average Bonchev–Trinajstić information content (AvgIpc) is 3.10. The van der Waals surface area contributed by atoms with Gasteiger partial charge in [-0.25, -0.2) is 4.39 Å². The van der Waals surface area contributed by atoms with Gasteiger partial charge in [0.2, 0.25) is 5.91 Å². The number of para-hydroxylation sites is 2.